The van der Waals surface area contributed by atoms with Gasteiger partial charge < -0.3 is 5.32 Å². The Labute approximate surface area is 142 Å². The summed E-state index contributed by atoms with van der Waals surface area (Å²) < 4.78 is 2.14. The largest absolute Gasteiger partial charge is 0.338 e. The quantitative estimate of drug-likeness (QED) is 0.412. The fourth-order valence-electron chi connectivity index (χ4n) is 2.52. The molecule has 1 aromatic carbocycles. The number of imidazole rings is 1. The third-order valence-electron chi connectivity index (χ3n) is 3.39. The van der Waals surface area contributed by atoms with Crippen LogP contribution < -0.4 is 5.32 Å². The van der Waals surface area contributed by atoms with Crippen LogP contribution in [0.5, 0.6) is 0 Å². The number of benzene rings is 1. The molecule has 20 heavy (non-hydrogen) atoms. The van der Waals surface area contributed by atoms with Crippen LogP contribution in [0.1, 0.15) is 7.12 Å². The van der Waals surface area contributed by atoms with E-state index in [1.807, 2.05) is 30.5 Å². The SMILES string of the molecule is Cc1cnc2n1-c1cccnc1Nc1ccccc1-2.[HH].[U]. The van der Waals surface area contributed by atoms with Gasteiger partial charge in [-0.15, -0.1) is 0 Å². The first-order valence-corrected chi connectivity index (χ1v) is 6.21. The number of nitrogens with one attached hydrogen (secondary N) is 1. The van der Waals surface area contributed by atoms with Gasteiger partial charge in [0.05, 0.1) is 11.4 Å². The van der Waals surface area contributed by atoms with Crippen LogP contribution in [-0.4, -0.2) is 14.5 Å². The Bertz CT molecular complexity index is 785. The van der Waals surface area contributed by atoms with Gasteiger partial charge in [-0.25, -0.2) is 9.97 Å². The van der Waals surface area contributed by atoms with Gasteiger partial charge in [-0.1, -0.05) is 12.1 Å². The molecule has 3 heterocycles. The van der Waals surface area contributed by atoms with Gasteiger partial charge in [-0.05, 0) is 31.2 Å². The maximum Gasteiger partial charge on any atom is 0.154 e. The average Bonchev–Trinajstić information content (AvgIpc) is 2.75. The first-order chi connectivity index (χ1) is 9.34. The molecule has 0 saturated carbocycles. The number of anilines is 2. The van der Waals surface area contributed by atoms with E-state index in [1.165, 1.54) is 0 Å². The summed E-state index contributed by atoms with van der Waals surface area (Å²) in [5.74, 6) is 1.81. The number of para-hydroxylation sites is 1. The van der Waals surface area contributed by atoms with E-state index in [2.05, 4.69) is 38.9 Å². The van der Waals surface area contributed by atoms with Gasteiger partial charge in [0.1, 0.15) is 5.82 Å². The number of aromatic nitrogens is 3. The summed E-state index contributed by atoms with van der Waals surface area (Å²) in [6.45, 7) is 2.06. The summed E-state index contributed by atoms with van der Waals surface area (Å²) in [6, 6.07) is 12.2. The van der Waals surface area contributed by atoms with Gasteiger partial charge in [0.25, 0.3) is 0 Å². The van der Waals surface area contributed by atoms with Crippen molar-refractivity contribution in [3.63, 3.8) is 0 Å². The average molecular weight is 488 g/mol. The fraction of sp³-hybridized carbons (Fsp3) is 0.0667. The van der Waals surface area contributed by atoms with Crippen molar-refractivity contribution in [2.24, 2.45) is 0 Å². The molecule has 1 N–H and O–H groups in total. The summed E-state index contributed by atoms with van der Waals surface area (Å²) >= 11 is 0. The number of nitrogens with zero attached hydrogens (tertiary/aromatic N) is 3. The van der Waals surface area contributed by atoms with Crippen molar-refractivity contribution in [2.75, 3.05) is 5.32 Å². The van der Waals surface area contributed by atoms with Crippen LogP contribution in [0.2, 0.25) is 0 Å². The molecule has 0 aliphatic carbocycles. The van der Waals surface area contributed by atoms with Gasteiger partial charge in [0.2, 0.25) is 0 Å². The molecule has 0 bridgehead atoms. The zero-order chi connectivity index (χ0) is 12.8. The minimum absolute atomic E-state index is 0. The second-order valence-electron chi connectivity index (χ2n) is 4.60. The number of hydrogen-bond donors (Lipinski definition) is 1. The molecule has 1 aliphatic rings. The van der Waals surface area contributed by atoms with E-state index in [4.69, 9.17) is 0 Å². The Kier molecular flexibility index (Phi) is 3.41. The Morgan fingerprint density at radius 2 is 1.95 bits per heavy atom. The monoisotopic (exact) mass is 488 g/mol. The second kappa shape index (κ2) is 5.08. The molecule has 0 unspecified atom stereocenters. The van der Waals surface area contributed by atoms with E-state index >= 15 is 0 Å². The number of pyridine rings is 1. The molecule has 0 amide bonds. The maximum atomic E-state index is 4.55. The van der Waals surface area contributed by atoms with Crippen molar-refractivity contribution in [1.82, 2.24) is 14.5 Å². The summed E-state index contributed by atoms with van der Waals surface area (Å²) in [6.07, 6.45) is 3.69. The standard InChI is InChI=1S/C15H12N4.U.H2/c1-10-9-17-15-11-5-2-3-6-12(11)18-14-13(19(10)15)7-4-8-16-14;;/h2-9H,1H3,(H,16,18);;1H. The van der Waals surface area contributed by atoms with E-state index < -0.39 is 0 Å². The van der Waals surface area contributed by atoms with Gasteiger partial charge in [0, 0.05) is 56.2 Å². The molecule has 98 valence electrons. The van der Waals surface area contributed by atoms with Crippen molar-refractivity contribution < 1.29 is 32.5 Å². The Morgan fingerprint density at radius 3 is 2.85 bits per heavy atom. The third kappa shape index (κ3) is 1.90. The van der Waals surface area contributed by atoms with Crippen LogP contribution in [0.3, 0.4) is 0 Å². The molecule has 0 atom stereocenters. The molecule has 4 rings (SSSR count). The molecule has 0 spiro atoms. The predicted molar refractivity (Wildman–Crippen MR) is 76.9 cm³/mol. The minimum atomic E-state index is 0. The van der Waals surface area contributed by atoms with E-state index in [0.29, 0.717) is 0 Å². The molecule has 2 aromatic heterocycles. The van der Waals surface area contributed by atoms with Crippen LogP contribution in [-0.2, 0) is 0 Å². The number of aryl methyl sites for hydroxylation is 1. The van der Waals surface area contributed by atoms with Crippen molar-refractivity contribution in [1.29, 1.82) is 0 Å². The second-order valence-corrected chi connectivity index (χ2v) is 4.60. The van der Waals surface area contributed by atoms with Gasteiger partial charge >= 0.3 is 0 Å². The van der Waals surface area contributed by atoms with E-state index in [1.54, 1.807) is 6.20 Å². The van der Waals surface area contributed by atoms with Crippen LogP contribution in [0.15, 0.2) is 48.8 Å². The molecule has 0 radical (unpaired) electrons. The number of hydrogen-bond acceptors (Lipinski definition) is 3. The van der Waals surface area contributed by atoms with Crippen molar-refractivity contribution in [3.8, 4) is 17.1 Å². The molecule has 5 heteroatoms. The Hall–Kier alpha value is -1.57. The number of rotatable bonds is 0. The van der Waals surface area contributed by atoms with E-state index in [-0.39, 0.29) is 32.5 Å². The molecule has 1 aliphatic heterocycles. The topological polar surface area (TPSA) is 42.7 Å². The predicted octanol–water partition coefficient (Wildman–Crippen LogP) is 3.55. The molecule has 3 aromatic rings. The van der Waals surface area contributed by atoms with Crippen LogP contribution in [0.25, 0.3) is 17.1 Å². The summed E-state index contributed by atoms with van der Waals surface area (Å²) in [5.41, 5.74) is 4.26. The van der Waals surface area contributed by atoms with E-state index in [0.717, 1.165) is 34.3 Å². The zero-order valence-corrected chi connectivity index (χ0v) is 15.1. The Balaban J connectivity index is 0.000000807. The smallest absolute Gasteiger partial charge is 0.154 e. The van der Waals surface area contributed by atoms with Crippen molar-refractivity contribution >= 4 is 11.5 Å². The Morgan fingerprint density at radius 1 is 1.10 bits per heavy atom. The first kappa shape index (κ1) is 13.4. The van der Waals surface area contributed by atoms with Gasteiger partial charge in [0.15, 0.2) is 5.82 Å². The summed E-state index contributed by atoms with van der Waals surface area (Å²) in [5, 5.41) is 3.39. The van der Waals surface area contributed by atoms with Gasteiger partial charge in [-0.3, -0.25) is 4.57 Å². The zero-order valence-electron chi connectivity index (χ0n) is 11.0. The minimum Gasteiger partial charge on any atom is -0.338 e. The normalized spacial score (nSPS) is 11.2. The molecular formula is C15H14N4U. The van der Waals surface area contributed by atoms with Crippen LogP contribution >= 0.6 is 0 Å². The van der Waals surface area contributed by atoms with Crippen LogP contribution in [0.4, 0.5) is 11.5 Å². The molecule has 4 nitrogen and oxygen atoms in total. The third-order valence-corrected chi connectivity index (χ3v) is 3.39. The summed E-state index contributed by atoms with van der Waals surface area (Å²) in [4.78, 5) is 8.99. The first-order valence-electron chi connectivity index (χ1n) is 6.21. The van der Waals surface area contributed by atoms with Crippen molar-refractivity contribution in [2.45, 2.75) is 6.92 Å². The van der Waals surface area contributed by atoms with E-state index in [9.17, 15) is 0 Å². The van der Waals surface area contributed by atoms with Gasteiger partial charge in [-0.2, -0.15) is 0 Å². The summed E-state index contributed by atoms with van der Waals surface area (Å²) in [7, 11) is 0. The molecule has 0 fully saturated rings. The molecular weight excluding hydrogens is 474 g/mol. The maximum absolute atomic E-state index is 4.55. The number of fused-ring (bicyclic) bond motifs is 5. The molecule has 0 saturated heterocycles. The van der Waals surface area contributed by atoms with Crippen LogP contribution in [0, 0.1) is 38.0 Å². The van der Waals surface area contributed by atoms with Crippen molar-refractivity contribution in [3.05, 3.63) is 54.5 Å². The fourth-order valence-corrected chi connectivity index (χ4v) is 2.52.